The summed E-state index contributed by atoms with van der Waals surface area (Å²) in [7, 11) is -3.70. The Labute approximate surface area is 156 Å². The summed E-state index contributed by atoms with van der Waals surface area (Å²) in [6.07, 6.45) is 0.951. The second kappa shape index (κ2) is 7.05. The van der Waals surface area contributed by atoms with Crippen molar-refractivity contribution in [3.05, 3.63) is 29.3 Å². The van der Waals surface area contributed by atoms with Crippen molar-refractivity contribution >= 4 is 33.6 Å². The van der Waals surface area contributed by atoms with E-state index >= 15 is 0 Å². The highest BCUT2D eigenvalue weighted by molar-refractivity contribution is 7.89. The van der Waals surface area contributed by atoms with E-state index in [0.717, 1.165) is 0 Å². The van der Waals surface area contributed by atoms with E-state index in [-0.39, 0.29) is 6.10 Å². The molecular weight excluding hydrogens is 382 g/mol. The van der Waals surface area contributed by atoms with Crippen LogP contribution in [0.4, 0.5) is 4.79 Å². The van der Waals surface area contributed by atoms with Gasteiger partial charge < -0.3 is 10.1 Å². The van der Waals surface area contributed by atoms with Crippen molar-refractivity contribution in [3.8, 4) is 5.75 Å². The zero-order chi connectivity index (χ0) is 18.9. The Morgan fingerprint density at radius 2 is 2.00 bits per heavy atom. The predicted octanol–water partition coefficient (Wildman–Crippen LogP) is 1.11. The van der Waals surface area contributed by atoms with Gasteiger partial charge in [0.25, 0.3) is 5.91 Å². The van der Waals surface area contributed by atoms with E-state index in [2.05, 4.69) is 10.6 Å². The quantitative estimate of drug-likeness (QED) is 0.719. The van der Waals surface area contributed by atoms with Crippen LogP contribution in [0.5, 0.6) is 5.75 Å². The molecule has 1 aromatic rings. The van der Waals surface area contributed by atoms with Crippen LogP contribution in [-0.4, -0.2) is 55.1 Å². The highest BCUT2D eigenvalue weighted by Gasteiger charge is 2.46. The number of sulfonamides is 1. The average molecular weight is 402 g/mol. The van der Waals surface area contributed by atoms with Crippen LogP contribution < -0.4 is 15.4 Å². The van der Waals surface area contributed by atoms with E-state index in [1.807, 2.05) is 0 Å². The molecule has 10 heteroatoms. The van der Waals surface area contributed by atoms with Crippen molar-refractivity contribution in [2.24, 2.45) is 0 Å². The number of carbonyl (C=O) groups excluding carboxylic acids is 2. The number of amides is 3. The van der Waals surface area contributed by atoms with E-state index in [1.54, 1.807) is 24.3 Å². The lowest BCUT2D eigenvalue weighted by Crippen LogP contribution is -2.53. The molecule has 2 aliphatic rings. The van der Waals surface area contributed by atoms with E-state index < -0.39 is 33.3 Å². The fourth-order valence-corrected chi connectivity index (χ4v) is 5.16. The monoisotopic (exact) mass is 401 g/mol. The fourth-order valence-electron chi connectivity index (χ4n) is 3.10. The van der Waals surface area contributed by atoms with Crippen LogP contribution in [0, 0.1) is 0 Å². The van der Waals surface area contributed by atoms with E-state index in [4.69, 9.17) is 16.3 Å². The summed E-state index contributed by atoms with van der Waals surface area (Å²) < 4.78 is 32.5. The minimum atomic E-state index is -3.70. The van der Waals surface area contributed by atoms with Crippen molar-refractivity contribution < 1.29 is 22.7 Å². The molecule has 26 heavy (non-hydrogen) atoms. The van der Waals surface area contributed by atoms with E-state index in [9.17, 15) is 18.0 Å². The number of nitrogens with zero attached hydrogens (tertiary/aromatic N) is 1. The van der Waals surface area contributed by atoms with Crippen molar-refractivity contribution in [2.45, 2.75) is 31.4 Å². The van der Waals surface area contributed by atoms with Gasteiger partial charge in [-0.15, -0.1) is 0 Å². The molecule has 2 heterocycles. The lowest BCUT2D eigenvalue weighted by Gasteiger charge is -2.33. The summed E-state index contributed by atoms with van der Waals surface area (Å²) in [5, 5.41) is 5.02. The topological polar surface area (TPSA) is 105 Å². The second-order valence-corrected chi connectivity index (χ2v) is 9.08. The molecule has 0 aliphatic carbocycles. The Morgan fingerprint density at radius 3 is 2.58 bits per heavy atom. The van der Waals surface area contributed by atoms with Crippen LogP contribution in [0.25, 0.3) is 0 Å². The minimum Gasteiger partial charge on any atom is -0.490 e. The van der Waals surface area contributed by atoms with Crippen LogP contribution in [0.15, 0.2) is 24.3 Å². The first-order chi connectivity index (χ1) is 12.2. The number of benzene rings is 1. The number of piperidine rings is 1. The number of carbonyl (C=O) groups is 2. The van der Waals surface area contributed by atoms with Gasteiger partial charge in [-0.05, 0) is 38.0 Å². The van der Waals surface area contributed by atoms with Crippen molar-refractivity contribution in [1.29, 1.82) is 0 Å². The molecule has 8 nitrogen and oxygen atoms in total. The summed E-state index contributed by atoms with van der Waals surface area (Å²) in [5.41, 5.74) is -1.45. The SMILES string of the molecule is C[C@]1(CS(=O)(=O)N2CCC(Oc3cccc(Cl)c3)CC2)NC(=O)NC1=O. The Balaban J connectivity index is 1.58. The molecule has 0 bridgehead atoms. The molecule has 0 radical (unpaired) electrons. The van der Waals surface area contributed by atoms with Gasteiger partial charge in [0.2, 0.25) is 10.0 Å². The Bertz CT molecular complexity index is 823. The maximum atomic E-state index is 12.6. The molecule has 0 unspecified atom stereocenters. The number of hydrogen-bond acceptors (Lipinski definition) is 5. The summed E-state index contributed by atoms with van der Waals surface area (Å²) in [4.78, 5) is 23.1. The van der Waals surface area contributed by atoms with Gasteiger partial charge in [0.15, 0.2) is 0 Å². The maximum Gasteiger partial charge on any atom is 0.322 e. The number of halogens is 1. The smallest absolute Gasteiger partial charge is 0.322 e. The normalized spacial score (nSPS) is 25.0. The van der Waals surface area contributed by atoms with Crippen LogP contribution in [0.2, 0.25) is 5.02 Å². The number of hydrogen-bond donors (Lipinski definition) is 2. The lowest BCUT2D eigenvalue weighted by atomic mass is 10.1. The fraction of sp³-hybridized carbons (Fsp3) is 0.500. The van der Waals surface area contributed by atoms with Gasteiger partial charge in [-0.1, -0.05) is 17.7 Å². The highest BCUT2D eigenvalue weighted by atomic mass is 35.5. The maximum absolute atomic E-state index is 12.6. The third-order valence-corrected chi connectivity index (χ3v) is 6.81. The lowest BCUT2D eigenvalue weighted by molar-refractivity contribution is -0.122. The Morgan fingerprint density at radius 1 is 1.31 bits per heavy atom. The van der Waals surface area contributed by atoms with Gasteiger partial charge in [-0.25, -0.2) is 17.5 Å². The van der Waals surface area contributed by atoms with Gasteiger partial charge in [0, 0.05) is 18.1 Å². The molecular formula is C16H20ClN3O5S. The standard InChI is InChI=1S/C16H20ClN3O5S/c1-16(14(21)18-15(22)19-16)10-26(23,24)20-7-5-12(6-8-20)25-13-4-2-3-11(17)9-13/h2-4,9,12H,5-8,10H2,1H3,(H2,18,19,21,22)/t16-/m1/s1. The molecule has 2 saturated heterocycles. The number of imide groups is 1. The molecule has 1 atom stereocenters. The molecule has 3 rings (SSSR count). The first-order valence-electron chi connectivity index (χ1n) is 8.22. The average Bonchev–Trinajstić information content (AvgIpc) is 2.79. The number of rotatable bonds is 5. The van der Waals surface area contributed by atoms with Gasteiger partial charge in [0.05, 0.1) is 5.75 Å². The first-order valence-corrected chi connectivity index (χ1v) is 10.2. The van der Waals surface area contributed by atoms with Crippen LogP contribution >= 0.6 is 11.6 Å². The zero-order valence-electron chi connectivity index (χ0n) is 14.2. The predicted molar refractivity (Wildman–Crippen MR) is 95.5 cm³/mol. The Kier molecular flexibility index (Phi) is 5.14. The highest BCUT2D eigenvalue weighted by Crippen LogP contribution is 2.24. The van der Waals surface area contributed by atoms with Crippen LogP contribution in [-0.2, 0) is 14.8 Å². The van der Waals surface area contributed by atoms with Crippen LogP contribution in [0.1, 0.15) is 19.8 Å². The van der Waals surface area contributed by atoms with Gasteiger partial charge in [-0.3, -0.25) is 10.1 Å². The van der Waals surface area contributed by atoms with E-state index in [0.29, 0.717) is 36.7 Å². The first kappa shape index (κ1) is 18.9. The molecule has 2 aliphatic heterocycles. The summed E-state index contributed by atoms with van der Waals surface area (Å²) in [6, 6.07) is 6.38. The molecule has 0 aromatic heterocycles. The van der Waals surface area contributed by atoms with Crippen LogP contribution in [0.3, 0.4) is 0 Å². The third kappa shape index (κ3) is 4.11. The van der Waals surface area contributed by atoms with Gasteiger partial charge in [-0.2, -0.15) is 0 Å². The summed E-state index contributed by atoms with van der Waals surface area (Å²) >= 11 is 5.93. The number of nitrogens with one attached hydrogen (secondary N) is 2. The van der Waals surface area contributed by atoms with E-state index in [1.165, 1.54) is 11.2 Å². The molecule has 2 fully saturated rings. The molecule has 2 N–H and O–H groups in total. The molecule has 0 spiro atoms. The second-order valence-electron chi connectivity index (χ2n) is 6.67. The zero-order valence-corrected chi connectivity index (χ0v) is 15.8. The summed E-state index contributed by atoms with van der Waals surface area (Å²) in [6.45, 7) is 1.98. The number of urea groups is 1. The minimum absolute atomic E-state index is 0.106. The van der Waals surface area contributed by atoms with Crippen molar-refractivity contribution in [3.63, 3.8) is 0 Å². The summed E-state index contributed by atoms with van der Waals surface area (Å²) in [5.74, 6) is -0.459. The molecule has 142 valence electrons. The van der Waals surface area contributed by atoms with Crippen molar-refractivity contribution in [1.82, 2.24) is 14.9 Å². The third-order valence-electron chi connectivity index (χ3n) is 4.48. The Hall–Kier alpha value is -1.84. The van der Waals surface area contributed by atoms with Crippen molar-refractivity contribution in [2.75, 3.05) is 18.8 Å². The van der Waals surface area contributed by atoms with Gasteiger partial charge in [0.1, 0.15) is 17.4 Å². The molecule has 3 amide bonds. The van der Waals surface area contributed by atoms with Gasteiger partial charge >= 0.3 is 6.03 Å². The largest absolute Gasteiger partial charge is 0.490 e. The number of ether oxygens (including phenoxy) is 1. The molecule has 1 aromatic carbocycles. The molecule has 0 saturated carbocycles.